The number of nitrogens with zero attached hydrogens (tertiary/aromatic N) is 3. The molecule has 1 saturated carbocycles. The lowest BCUT2D eigenvalue weighted by atomic mass is 9.80. The van der Waals surface area contributed by atoms with E-state index in [0.717, 1.165) is 36.4 Å². The number of rotatable bonds is 3. The summed E-state index contributed by atoms with van der Waals surface area (Å²) in [5, 5.41) is 12.5. The van der Waals surface area contributed by atoms with Crippen molar-refractivity contribution in [1.29, 1.82) is 5.26 Å². The molecule has 0 atom stereocenters. The molecule has 5 heteroatoms. The van der Waals surface area contributed by atoms with E-state index < -0.39 is 5.41 Å². The standard InChI is InChI=1S/C15H21N3OS/c1-12-17-13(10-20-12)9-18(2)14(19)15(11-16)7-5-3-4-6-8-15/h10H,3-9H2,1-2H3. The Balaban J connectivity index is 2.09. The Morgan fingerprint density at radius 1 is 1.45 bits per heavy atom. The van der Waals surface area contributed by atoms with Gasteiger partial charge >= 0.3 is 0 Å². The van der Waals surface area contributed by atoms with Crippen LogP contribution >= 0.6 is 11.3 Å². The quantitative estimate of drug-likeness (QED) is 0.803. The van der Waals surface area contributed by atoms with Crippen LogP contribution in [0.5, 0.6) is 0 Å². The second-order valence-electron chi connectivity index (χ2n) is 5.63. The summed E-state index contributed by atoms with van der Waals surface area (Å²) < 4.78 is 0. The van der Waals surface area contributed by atoms with Gasteiger partial charge in [-0.2, -0.15) is 5.26 Å². The van der Waals surface area contributed by atoms with Gasteiger partial charge in [0.15, 0.2) is 0 Å². The maximum Gasteiger partial charge on any atom is 0.243 e. The van der Waals surface area contributed by atoms with Gasteiger partial charge in [0, 0.05) is 12.4 Å². The molecule has 1 heterocycles. The van der Waals surface area contributed by atoms with Gasteiger partial charge in [-0.25, -0.2) is 4.98 Å². The van der Waals surface area contributed by atoms with E-state index in [0.29, 0.717) is 19.4 Å². The molecular formula is C15H21N3OS. The third kappa shape index (κ3) is 3.18. The number of nitriles is 1. The van der Waals surface area contributed by atoms with Crippen molar-refractivity contribution in [2.45, 2.75) is 52.0 Å². The number of aromatic nitrogens is 1. The Bertz CT molecular complexity index is 509. The van der Waals surface area contributed by atoms with Crippen LogP contribution < -0.4 is 0 Å². The number of aryl methyl sites for hydroxylation is 1. The zero-order valence-corrected chi connectivity index (χ0v) is 13.0. The highest BCUT2D eigenvalue weighted by Crippen LogP contribution is 2.36. The summed E-state index contributed by atoms with van der Waals surface area (Å²) in [5.41, 5.74) is 0.0983. The number of thiazole rings is 1. The minimum Gasteiger partial charge on any atom is -0.338 e. The van der Waals surface area contributed by atoms with Crippen molar-refractivity contribution < 1.29 is 4.79 Å². The number of carbonyl (C=O) groups is 1. The third-order valence-electron chi connectivity index (χ3n) is 3.99. The summed E-state index contributed by atoms with van der Waals surface area (Å²) in [6, 6.07) is 2.32. The van der Waals surface area contributed by atoms with Crippen molar-refractivity contribution in [1.82, 2.24) is 9.88 Å². The summed E-state index contributed by atoms with van der Waals surface area (Å²) in [4.78, 5) is 18.8. The highest BCUT2D eigenvalue weighted by atomic mass is 32.1. The first-order chi connectivity index (χ1) is 9.57. The van der Waals surface area contributed by atoms with Crippen molar-refractivity contribution in [2.24, 2.45) is 5.41 Å². The molecule has 1 aromatic rings. The molecule has 0 unspecified atom stereocenters. The fraction of sp³-hybridized carbons (Fsp3) is 0.667. The summed E-state index contributed by atoms with van der Waals surface area (Å²) in [6.07, 6.45) is 5.61. The Kier molecular flexibility index (Phi) is 4.77. The van der Waals surface area contributed by atoms with Crippen LogP contribution in [-0.4, -0.2) is 22.8 Å². The SMILES string of the molecule is Cc1nc(CN(C)C(=O)C2(C#N)CCCCCC2)cs1. The molecule has 0 aromatic carbocycles. The van der Waals surface area contributed by atoms with Gasteiger partial charge in [-0.3, -0.25) is 4.79 Å². The fourth-order valence-electron chi connectivity index (χ4n) is 2.87. The fourth-order valence-corrected chi connectivity index (χ4v) is 3.47. The highest BCUT2D eigenvalue weighted by molar-refractivity contribution is 7.09. The van der Waals surface area contributed by atoms with Crippen molar-refractivity contribution in [3.8, 4) is 6.07 Å². The average molecular weight is 291 g/mol. The normalized spacial score (nSPS) is 18.1. The Hall–Kier alpha value is -1.41. The molecular weight excluding hydrogens is 270 g/mol. The third-order valence-corrected chi connectivity index (χ3v) is 4.82. The van der Waals surface area contributed by atoms with E-state index in [2.05, 4.69) is 11.1 Å². The molecule has 2 rings (SSSR count). The van der Waals surface area contributed by atoms with Gasteiger partial charge in [-0.1, -0.05) is 25.7 Å². The first kappa shape index (κ1) is 15.0. The maximum absolute atomic E-state index is 12.7. The van der Waals surface area contributed by atoms with Crippen molar-refractivity contribution in [3.63, 3.8) is 0 Å². The molecule has 0 saturated heterocycles. The van der Waals surface area contributed by atoms with Crippen LogP contribution in [0, 0.1) is 23.7 Å². The molecule has 1 aliphatic carbocycles. The van der Waals surface area contributed by atoms with Gasteiger partial charge in [0.2, 0.25) is 5.91 Å². The molecule has 0 aliphatic heterocycles. The van der Waals surface area contributed by atoms with E-state index in [-0.39, 0.29) is 5.91 Å². The second-order valence-corrected chi connectivity index (χ2v) is 6.69. The molecule has 0 bridgehead atoms. The van der Waals surface area contributed by atoms with Crippen LogP contribution in [0.3, 0.4) is 0 Å². The van der Waals surface area contributed by atoms with E-state index in [9.17, 15) is 10.1 Å². The van der Waals surface area contributed by atoms with Crippen LogP contribution in [0.25, 0.3) is 0 Å². The van der Waals surface area contributed by atoms with Gasteiger partial charge in [0.1, 0.15) is 5.41 Å². The molecule has 0 N–H and O–H groups in total. The summed E-state index contributed by atoms with van der Waals surface area (Å²) in [5.74, 6) is -0.0347. The minimum atomic E-state index is -0.809. The maximum atomic E-state index is 12.7. The minimum absolute atomic E-state index is 0.0347. The summed E-state index contributed by atoms with van der Waals surface area (Å²) in [6.45, 7) is 2.45. The molecule has 20 heavy (non-hydrogen) atoms. The summed E-state index contributed by atoms with van der Waals surface area (Å²) >= 11 is 1.59. The van der Waals surface area contributed by atoms with E-state index in [1.165, 1.54) is 0 Å². The van der Waals surface area contributed by atoms with E-state index in [1.807, 2.05) is 12.3 Å². The van der Waals surface area contributed by atoms with E-state index >= 15 is 0 Å². The Labute approximate surface area is 124 Å². The van der Waals surface area contributed by atoms with Crippen LogP contribution in [0.1, 0.15) is 49.2 Å². The van der Waals surface area contributed by atoms with E-state index in [4.69, 9.17) is 0 Å². The monoisotopic (exact) mass is 291 g/mol. The molecule has 1 fully saturated rings. The zero-order valence-electron chi connectivity index (χ0n) is 12.2. The van der Waals surface area contributed by atoms with Crippen molar-refractivity contribution >= 4 is 17.2 Å². The lowest BCUT2D eigenvalue weighted by Gasteiger charge is -2.29. The predicted octanol–water partition coefficient (Wildman–Crippen LogP) is 3.27. The van der Waals surface area contributed by atoms with Crippen LogP contribution in [0.4, 0.5) is 0 Å². The van der Waals surface area contributed by atoms with Crippen molar-refractivity contribution in [2.75, 3.05) is 7.05 Å². The molecule has 0 radical (unpaired) electrons. The number of amides is 1. The van der Waals surface area contributed by atoms with Gasteiger partial charge in [-0.05, 0) is 19.8 Å². The zero-order chi connectivity index (χ0) is 14.6. The van der Waals surface area contributed by atoms with Gasteiger partial charge < -0.3 is 4.90 Å². The largest absolute Gasteiger partial charge is 0.338 e. The number of hydrogen-bond donors (Lipinski definition) is 0. The molecule has 1 aromatic heterocycles. The first-order valence-corrected chi connectivity index (χ1v) is 8.03. The van der Waals surface area contributed by atoms with Gasteiger partial charge in [0.25, 0.3) is 0 Å². The first-order valence-electron chi connectivity index (χ1n) is 7.15. The van der Waals surface area contributed by atoms with Crippen LogP contribution in [-0.2, 0) is 11.3 Å². The summed E-state index contributed by atoms with van der Waals surface area (Å²) in [7, 11) is 1.78. The lowest BCUT2D eigenvalue weighted by Crippen LogP contribution is -2.40. The second kappa shape index (κ2) is 6.36. The Morgan fingerprint density at radius 3 is 2.60 bits per heavy atom. The molecule has 1 amide bonds. The van der Waals surface area contributed by atoms with Crippen LogP contribution in [0.2, 0.25) is 0 Å². The molecule has 108 valence electrons. The van der Waals surface area contributed by atoms with E-state index in [1.54, 1.807) is 23.3 Å². The lowest BCUT2D eigenvalue weighted by molar-refractivity contribution is -0.139. The molecule has 0 spiro atoms. The smallest absolute Gasteiger partial charge is 0.243 e. The number of hydrogen-bond acceptors (Lipinski definition) is 4. The number of carbonyl (C=O) groups excluding carboxylic acids is 1. The predicted molar refractivity (Wildman–Crippen MR) is 79.1 cm³/mol. The average Bonchev–Trinajstić information content (AvgIpc) is 2.71. The topological polar surface area (TPSA) is 57.0 Å². The van der Waals surface area contributed by atoms with Gasteiger partial charge in [-0.15, -0.1) is 11.3 Å². The molecule has 4 nitrogen and oxygen atoms in total. The highest BCUT2D eigenvalue weighted by Gasteiger charge is 2.40. The van der Waals surface area contributed by atoms with Crippen molar-refractivity contribution in [3.05, 3.63) is 16.1 Å². The Morgan fingerprint density at radius 2 is 2.10 bits per heavy atom. The van der Waals surface area contributed by atoms with Gasteiger partial charge in [0.05, 0.1) is 23.3 Å². The molecule has 1 aliphatic rings. The van der Waals surface area contributed by atoms with Crippen LogP contribution in [0.15, 0.2) is 5.38 Å².